The van der Waals surface area contributed by atoms with Crippen LogP contribution in [0.5, 0.6) is 0 Å². The number of aromatic nitrogens is 2. The molecule has 102 valence electrons. The third-order valence-corrected chi connectivity index (χ3v) is 4.46. The summed E-state index contributed by atoms with van der Waals surface area (Å²) in [6.45, 7) is 9.35. The van der Waals surface area contributed by atoms with E-state index in [1.54, 1.807) is 0 Å². The van der Waals surface area contributed by atoms with Crippen LogP contribution in [0.15, 0.2) is 12.4 Å². The van der Waals surface area contributed by atoms with Gasteiger partial charge in [0, 0.05) is 23.8 Å². The zero-order valence-electron chi connectivity index (χ0n) is 12.2. The SMILES string of the molecule is CC(NC1CCC(C(C)(C)C)CC1)c1cn[nH]c1. The van der Waals surface area contributed by atoms with Crippen LogP contribution in [-0.2, 0) is 0 Å². The Morgan fingerprint density at radius 1 is 1.28 bits per heavy atom. The molecule has 1 aliphatic carbocycles. The summed E-state index contributed by atoms with van der Waals surface area (Å²) in [5, 5.41) is 10.6. The second-order valence-corrected chi connectivity index (χ2v) is 6.83. The molecule has 1 unspecified atom stereocenters. The van der Waals surface area contributed by atoms with Crippen LogP contribution in [0.4, 0.5) is 0 Å². The number of hydrogen-bond donors (Lipinski definition) is 2. The summed E-state index contributed by atoms with van der Waals surface area (Å²) in [5.74, 6) is 0.889. The quantitative estimate of drug-likeness (QED) is 0.858. The normalized spacial score (nSPS) is 27.1. The average Bonchev–Trinajstić information content (AvgIpc) is 2.82. The fourth-order valence-electron chi connectivity index (χ4n) is 3.07. The van der Waals surface area contributed by atoms with Gasteiger partial charge in [-0.1, -0.05) is 20.8 Å². The first-order chi connectivity index (χ1) is 8.47. The molecule has 0 aromatic carbocycles. The van der Waals surface area contributed by atoms with Crippen molar-refractivity contribution in [3.8, 4) is 0 Å². The van der Waals surface area contributed by atoms with E-state index in [0.717, 1.165) is 5.92 Å². The average molecular weight is 249 g/mol. The Morgan fingerprint density at radius 2 is 1.94 bits per heavy atom. The molecule has 1 aromatic rings. The van der Waals surface area contributed by atoms with E-state index >= 15 is 0 Å². The van der Waals surface area contributed by atoms with Crippen LogP contribution in [0.1, 0.15) is 65.0 Å². The van der Waals surface area contributed by atoms with Crippen LogP contribution in [0.3, 0.4) is 0 Å². The Hall–Kier alpha value is -0.830. The molecule has 1 fully saturated rings. The maximum absolute atomic E-state index is 4.02. The van der Waals surface area contributed by atoms with Gasteiger partial charge in [-0.2, -0.15) is 5.10 Å². The highest BCUT2D eigenvalue weighted by molar-refractivity contribution is 5.08. The second kappa shape index (κ2) is 5.43. The number of nitrogens with one attached hydrogen (secondary N) is 2. The Bertz CT molecular complexity index is 342. The van der Waals surface area contributed by atoms with E-state index in [9.17, 15) is 0 Å². The molecule has 1 aliphatic rings. The second-order valence-electron chi connectivity index (χ2n) is 6.83. The molecule has 3 nitrogen and oxygen atoms in total. The third-order valence-electron chi connectivity index (χ3n) is 4.46. The van der Waals surface area contributed by atoms with Crippen LogP contribution >= 0.6 is 0 Å². The van der Waals surface area contributed by atoms with E-state index in [1.807, 2.05) is 12.4 Å². The molecule has 18 heavy (non-hydrogen) atoms. The lowest BCUT2D eigenvalue weighted by atomic mass is 9.71. The summed E-state index contributed by atoms with van der Waals surface area (Å²) in [4.78, 5) is 0. The van der Waals surface area contributed by atoms with Crippen molar-refractivity contribution < 1.29 is 0 Å². The van der Waals surface area contributed by atoms with Gasteiger partial charge in [-0.25, -0.2) is 0 Å². The van der Waals surface area contributed by atoms with Gasteiger partial charge in [-0.15, -0.1) is 0 Å². The van der Waals surface area contributed by atoms with Crippen molar-refractivity contribution in [2.45, 2.75) is 65.5 Å². The van der Waals surface area contributed by atoms with Crippen molar-refractivity contribution in [2.75, 3.05) is 0 Å². The molecule has 0 aliphatic heterocycles. The van der Waals surface area contributed by atoms with Crippen molar-refractivity contribution in [1.82, 2.24) is 15.5 Å². The maximum atomic E-state index is 4.02. The molecule has 2 rings (SSSR count). The Labute approximate surface area is 111 Å². The molecule has 0 spiro atoms. The number of hydrogen-bond acceptors (Lipinski definition) is 2. The molecule has 1 saturated carbocycles. The summed E-state index contributed by atoms with van der Waals surface area (Å²) in [7, 11) is 0. The van der Waals surface area contributed by atoms with Gasteiger partial charge in [0.2, 0.25) is 0 Å². The lowest BCUT2D eigenvalue weighted by Crippen LogP contribution is -2.37. The standard InChI is InChI=1S/C15H27N3/c1-11(12-9-16-17-10-12)18-14-7-5-13(6-8-14)15(2,3)4/h9-11,13-14,18H,5-8H2,1-4H3,(H,16,17). The van der Waals surface area contributed by atoms with Gasteiger partial charge >= 0.3 is 0 Å². The predicted molar refractivity (Wildman–Crippen MR) is 75.3 cm³/mol. The molecule has 3 heteroatoms. The van der Waals surface area contributed by atoms with E-state index in [2.05, 4.69) is 43.2 Å². The zero-order chi connectivity index (χ0) is 13.2. The molecule has 1 heterocycles. The molecule has 1 atom stereocenters. The van der Waals surface area contributed by atoms with Crippen molar-refractivity contribution in [3.63, 3.8) is 0 Å². The minimum absolute atomic E-state index is 0.403. The van der Waals surface area contributed by atoms with Crippen molar-refractivity contribution in [3.05, 3.63) is 18.0 Å². The largest absolute Gasteiger partial charge is 0.307 e. The van der Waals surface area contributed by atoms with Gasteiger partial charge in [-0.05, 0) is 43.9 Å². The minimum Gasteiger partial charge on any atom is -0.307 e. The highest BCUT2D eigenvalue weighted by Crippen LogP contribution is 2.38. The Balaban J connectivity index is 1.80. The van der Waals surface area contributed by atoms with Crippen LogP contribution in [-0.4, -0.2) is 16.2 Å². The van der Waals surface area contributed by atoms with Crippen LogP contribution in [0.25, 0.3) is 0 Å². The van der Waals surface area contributed by atoms with Gasteiger partial charge < -0.3 is 5.32 Å². The lowest BCUT2D eigenvalue weighted by molar-refractivity contribution is 0.157. The topological polar surface area (TPSA) is 40.7 Å². The Kier molecular flexibility index (Phi) is 4.10. The highest BCUT2D eigenvalue weighted by atomic mass is 15.1. The lowest BCUT2D eigenvalue weighted by Gasteiger charge is -2.38. The van der Waals surface area contributed by atoms with E-state index < -0.39 is 0 Å². The van der Waals surface area contributed by atoms with Crippen LogP contribution in [0, 0.1) is 11.3 Å². The third kappa shape index (κ3) is 3.35. The number of rotatable bonds is 3. The summed E-state index contributed by atoms with van der Waals surface area (Å²) < 4.78 is 0. The minimum atomic E-state index is 0.403. The summed E-state index contributed by atoms with van der Waals surface area (Å²) in [6, 6.07) is 1.08. The van der Waals surface area contributed by atoms with Crippen LogP contribution in [0.2, 0.25) is 0 Å². The first kappa shape index (κ1) is 13.6. The van der Waals surface area contributed by atoms with E-state index in [-0.39, 0.29) is 0 Å². The van der Waals surface area contributed by atoms with Gasteiger partial charge in [0.15, 0.2) is 0 Å². The van der Waals surface area contributed by atoms with Gasteiger partial charge in [0.05, 0.1) is 6.20 Å². The predicted octanol–water partition coefficient (Wildman–Crippen LogP) is 3.67. The van der Waals surface area contributed by atoms with E-state index in [0.29, 0.717) is 17.5 Å². The summed E-state index contributed by atoms with van der Waals surface area (Å²) >= 11 is 0. The molecule has 1 aromatic heterocycles. The van der Waals surface area contributed by atoms with Gasteiger partial charge in [-0.3, -0.25) is 5.10 Å². The van der Waals surface area contributed by atoms with E-state index in [1.165, 1.54) is 31.2 Å². The first-order valence-electron chi connectivity index (χ1n) is 7.21. The monoisotopic (exact) mass is 249 g/mol. The van der Waals surface area contributed by atoms with Gasteiger partial charge in [0.1, 0.15) is 0 Å². The molecule has 0 bridgehead atoms. The Morgan fingerprint density at radius 3 is 2.44 bits per heavy atom. The molecule has 0 radical (unpaired) electrons. The summed E-state index contributed by atoms with van der Waals surface area (Å²) in [6.07, 6.45) is 9.24. The maximum Gasteiger partial charge on any atom is 0.0534 e. The summed E-state index contributed by atoms with van der Waals surface area (Å²) in [5.41, 5.74) is 1.73. The number of nitrogens with zero attached hydrogens (tertiary/aromatic N) is 1. The number of H-pyrrole nitrogens is 1. The van der Waals surface area contributed by atoms with Crippen molar-refractivity contribution in [1.29, 1.82) is 0 Å². The van der Waals surface area contributed by atoms with Crippen LogP contribution < -0.4 is 5.32 Å². The van der Waals surface area contributed by atoms with E-state index in [4.69, 9.17) is 0 Å². The molecule has 2 N–H and O–H groups in total. The molecular formula is C15H27N3. The molecule has 0 amide bonds. The smallest absolute Gasteiger partial charge is 0.0534 e. The fraction of sp³-hybridized carbons (Fsp3) is 0.800. The van der Waals surface area contributed by atoms with Crippen molar-refractivity contribution in [2.24, 2.45) is 11.3 Å². The highest BCUT2D eigenvalue weighted by Gasteiger charge is 2.30. The number of aromatic amines is 1. The van der Waals surface area contributed by atoms with Crippen molar-refractivity contribution >= 4 is 0 Å². The fourth-order valence-corrected chi connectivity index (χ4v) is 3.07. The van der Waals surface area contributed by atoms with Gasteiger partial charge in [0.25, 0.3) is 0 Å². The molecular weight excluding hydrogens is 222 g/mol. The first-order valence-corrected chi connectivity index (χ1v) is 7.21. The molecule has 0 saturated heterocycles. The zero-order valence-corrected chi connectivity index (χ0v) is 12.2.